The van der Waals surface area contributed by atoms with Crippen LogP contribution in [0.1, 0.15) is 0 Å². The molecule has 0 atom stereocenters. The van der Waals surface area contributed by atoms with Gasteiger partial charge < -0.3 is 0 Å². The fourth-order valence-corrected chi connectivity index (χ4v) is 0.834. The van der Waals surface area contributed by atoms with Gasteiger partial charge in [0.25, 0.3) is 0 Å². The molecule has 2 N–H and O–H groups in total. The Balaban J connectivity index is 2.79. The summed E-state index contributed by atoms with van der Waals surface area (Å²) in [7, 11) is 0. The first-order chi connectivity index (χ1) is 4.88. The van der Waals surface area contributed by atoms with Crippen LogP contribution in [0.4, 0.5) is 0 Å². The molecule has 0 bridgehead atoms. The lowest BCUT2D eigenvalue weighted by Crippen LogP contribution is -2.00. The molecule has 0 spiro atoms. The fraction of sp³-hybridized carbons (Fsp3) is 0.250. The molecule has 1 aromatic heterocycles. The summed E-state index contributed by atoms with van der Waals surface area (Å²) < 4.78 is 1.57. The van der Waals surface area contributed by atoms with Gasteiger partial charge >= 0.3 is 0 Å². The Morgan fingerprint density at radius 1 is 1.80 bits per heavy atom. The van der Waals surface area contributed by atoms with E-state index in [9.17, 15) is 0 Å². The molecule has 6 heteroatoms. The van der Waals surface area contributed by atoms with Gasteiger partial charge in [-0.25, -0.2) is 4.68 Å². The lowest BCUT2D eigenvalue weighted by Gasteiger charge is -1.94. The number of rotatable bonds is 3. The van der Waals surface area contributed by atoms with E-state index in [0.29, 0.717) is 11.7 Å². The van der Waals surface area contributed by atoms with Crippen LogP contribution in [-0.4, -0.2) is 20.2 Å². The monoisotopic (exact) mass is 157 g/mol. The molecule has 0 aliphatic rings. The molecule has 1 heterocycles. The minimum absolute atomic E-state index is 0.590. The third-order valence-electron chi connectivity index (χ3n) is 0.906. The molecule has 10 heavy (non-hydrogen) atoms. The average Bonchev–Trinajstić information content (AvgIpc) is 2.36. The van der Waals surface area contributed by atoms with Crippen molar-refractivity contribution in [1.29, 1.82) is 0 Å². The average molecular weight is 157 g/mol. The zero-order valence-electron chi connectivity index (χ0n) is 5.27. The molecular formula is C4H7N5S. The van der Waals surface area contributed by atoms with Gasteiger partial charge in [0.2, 0.25) is 5.16 Å². The molecule has 0 aliphatic heterocycles. The third kappa shape index (κ3) is 1.34. The Bertz CT molecular complexity index is 219. The van der Waals surface area contributed by atoms with Crippen LogP contribution < -0.4 is 5.14 Å². The topological polar surface area (TPSA) is 69.6 Å². The zero-order valence-corrected chi connectivity index (χ0v) is 6.08. The Labute approximate surface area is 62.4 Å². The van der Waals surface area contributed by atoms with E-state index in [0.717, 1.165) is 11.9 Å². The highest BCUT2D eigenvalue weighted by atomic mass is 32.2. The van der Waals surface area contributed by atoms with Crippen molar-refractivity contribution < 1.29 is 0 Å². The first-order valence-corrected chi connectivity index (χ1v) is 3.50. The summed E-state index contributed by atoms with van der Waals surface area (Å²) in [6, 6.07) is 0. The quantitative estimate of drug-likeness (QED) is 0.487. The Morgan fingerprint density at radius 3 is 3.20 bits per heavy atom. The highest BCUT2D eigenvalue weighted by molar-refractivity contribution is 7.96. The summed E-state index contributed by atoms with van der Waals surface area (Å²) in [5, 5.41) is 16.6. The molecule has 0 amide bonds. The molecule has 0 radical (unpaired) electrons. The van der Waals surface area contributed by atoms with E-state index in [1.165, 1.54) is 0 Å². The van der Waals surface area contributed by atoms with Crippen molar-refractivity contribution in [2.24, 2.45) is 5.14 Å². The fourth-order valence-electron chi connectivity index (χ4n) is 0.518. The van der Waals surface area contributed by atoms with Crippen LogP contribution in [0, 0.1) is 0 Å². The van der Waals surface area contributed by atoms with Gasteiger partial charge in [-0.3, -0.25) is 5.14 Å². The second kappa shape index (κ2) is 3.33. The molecule has 1 aromatic rings. The highest BCUT2D eigenvalue weighted by Gasteiger charge is 2.00. The van der Waals surface area contributed by atoms with Gasteiger partial charge in [-0.1, -0.05) is 6.08 Å². The number of tetrazole rings is 1. The van der Waals surface area contributed by atoms with Crippen molar-refractivity contribution in [3.05, 3.63) is 12.7 Å². The van der Waals surface area contributed by atoms with Crippen LogP contribution >= 0.6 is 11.9 Å². The maximum atomic E-state index is 5.24. The molecule has 0 saturated carbocycles. The number of aromatic nitrogens is 4. The molecule has 5 nitrogen and oxygen atoms in total. The van der Waals surface area contributed by atoms with E-state index >= 15 is 0 Å². The van der Waals surface area contributed by atoms with Gasteiger partial charge in [0.15, 0.2) is 0 Å². The zero-order chi connectivity index (χ0) is 7.40. The summed E-state index contributed by atoms with van der Waals surface area (Å²) in [6.45, 7) is 4.13. The summed E-state index contributed by atoms with van der Waals surface area (Å²) in [5.41, 5.74) is 0. The van der Waals surface area contributed by atoms with Gasteiger partial charge in [0.1, 0.15) is 0 Å². The van der Waals surface area contributed by atoms with Crippen LogP contribution in [0.15, 0.2) is 17.8 Å². The van der Waals surface area contributed by atoms with E-state index in [-0.39, 0.29) is 0 Å². The van der Waals surface area contributed by atoms with E-state index in [1.54, 1.807) is 10.8 Å². The summed E-state index contributed by atoms with van der Waals surface area (Å²) >= 11 is 1.02. The lowest BCUT2D eigenvalue weighted by molar-refractivity contribution is 0.614. The van der Waals surface area contributed by atoms with E-state index in [4.69, 9.17) is 5.14 Å². The molecule has 0 saturated heterocycles. The van der Waals surface area contributed by atoms with Crippen molar-refractivity contribution in [2.75, 3.05) is 0 Å². The van der Waals surface area contributed by atoms with Crippen molar-refractivity contribution >= 4 is 11.9 Å². The van der Waals surface area contributed by atoms with Crippen LogP contribution in [0.5, 0.6) is 0 Å². The number of allylic oxidation sites excluding steroid dienone is 1. The molecule has 1 rings (SSSR count). The van der Waals surface area contributed by atoms with Gasteiger partial charge in [-0.2, -0.15) is 0 Å². The van der Waals surface area contributed by atoms with E-state index in [2.05, 4.69) is 22.1 Å². The van der Waals surface area contributed by atoms with Crippen molar-refractivity contribution in [1.82, 2.24) is 20.2 Å². The first kappa shape index (κ1) is 7.23. The van der Waals surface area contributed by atoms with Gasteiger partial charge in [-0.05, 0) is 22.4 Å². The van der Waals surface area contributed by atoms with E-state index < -0.39 is 0 Å². The summed E-state index contributed by atoms with van der Waals surface area (Å²) in [4.78, 5) is 0. The van der Waals surface area contributed by atoms with Gasteiger partial charge in [-0.15, -0.1) is 11.7 Å². The van der Waals surface area contributed by atoms with Crippen LogP contribution in [0.3, 0.4) is 0 Å². The predicted molar refractivity (Wildman–Crippen MR) is 38.1 cm³/mol. The molecule has 0 aliphatic carbocycles. The largest absolute Gasteiger partial charge is 0.271 e. The van der Waals surface area contributed by atoms with Gasteiger partial charge in [0, 0.05) is 0 Å². The van der Waals surface area contributed by atoms with Gasteiger partial charge in [0.05, 0.1) is 6.54 Å². The van der Waals surface area contributed by atoms with Crippen LogP contribution in [-0.2, 0) is 6.54 Å². The Hall–Kier alpha value is -0.880. The standard InChI is InChI=1S/C4H7N5S/c1-2-3-9-4(10-5)6-7-8-9/h2H,1,3,5H2. The molecule has 54 valence electrons. The van der Waals surface area contributed by atoms with Crippen molar-refractivity contribution in [2.45, 2.75) is 11.7 Å². The normalized spacial score (nSPS) is 9.70. The number of nitrogens with zero attached hydrogens (tertiary/aromatic N) is 4. The Kier molecular flexibility index (Phi) is 2.41. The maximum Gasteiger partial charge on any atom is 0.224 e. The number of hydrogen-bond donors (Lipinski definition) is 1. The number of nitrogens with two attached hydrogens (primary N) is 1. The molecule has 0 aromatic carbocycles. The second-order valence-corrected chi connectivity index (χ2v) is 2.15. The Morgan fingerprint density at radius 2 is 2.60 bits per heavy atom. The first-order valence-electron chi connectivity index (χ1n) is 2.62. The van der Waals surface area contributed by atoms with Crippen molar-refractivity contribution in [3.8, 4) is 0 Å². The van der Waals surface area contributed by atoms with Crippen LogP contribution in [0.25, 0.3) is 0 Å². The van der Waals surface area contributed by atoms with Crippen molar-refractivity contribution in [3.63, 3.8) is 0 Å². The lowest BCUT2D eigenvalue weighted by atomic mass is 10.6. The predicted octanol–water partition coefficient (Wildman–Crippen LogP) is -0.175. The SMILES string of the molecule is C=CCn1nnnc1SN. The van der Waals surface area contributed by atoms with E-state index in [1.807, 2.05) is 0 Å². The minimum atomic E-state index is 0.590. The number of hydrogen-bond acceptors (Lipinski definition) is 5. The molecule has 0 fully saturated rings. The van der Waals surface area contributed by atoms with Crippen LogP contribution in [0.2, 0.25) is 0 Å². The maximum absolute atomic E-state index is 5.24. The highest BCUT2D eigenvalue weighted by Crippen LogP contribution is 2.03. The minimum Gasteiger partial charge on any atom is -0.271 e. The summed E-state index contributed by atoms with van der Waals surface area (Å²) in [5.74, 6) is 0. The molecular weight excluding hydrogens is 150 g/mol. The molecule has 0 unspecified atom stereocenters. The second-order valence-electron chi connectivity index (χ2n) is 1.55. The summed E-state index contributed by atoms with van der Waals surface area (Å²) in [6.07, 6.45) is 1.70. The third-order valence-corrected chi connectivity index (χ3v) is 1.41. The smallest absolute Gasteiger partial charge is 0.224 e.